The number of rotatable bonds is 0. The summed E-state index contributed by atoms with van der Waals surface area (Å²) in [5.74, 6) is 1.84. The standard InChI is InChI=1S/C15H22N6O2/c1-18(2)12-8-9-11-10(8)20(14(22)16-12)6-5-7-21(11)15(23)17-13(9)19(3)4/h8-11H,5-7H2,1-4H3/t8-,9+,10-,11+. The van der Waals surface area contributed by atoms with Crippen LogP contribution < -0.4 is 0 Å². The van der Waals surface area contributed by atoms with E-state index < -0.39 is 0 Å². The molecule has 0 aromatic heterocycles. The van der Waals surface area contributed by atoms with E-state index in [2.05, 4.69) is 9.98 Å². The van der Waals surface area contributed by atoms with E-state index in [9.17, 15) is 9.59 Å². The Morgan fingerprint density at radius 1 is 0.826 bits per heavy atom. The average Bonchev–Trinajstić information content (AvgIpc) is 2.65. The van der Waals surface area contributed by atoms with Crippen molar-refractivity contribution >= 4 is 23.7 Å². The maximum Gasteiger partial charge on any atom is 0.345 e. The highest BCUT2D eigenvalue weighted by Gasteiger charge is 2.65. The summed E-state index contributed by atoms with van der Waals surface area (Å²) in [5, 5.41) is 0. The van der Waals surface area contributed by atoms with Gasteiger partial charge in [0.05, 0.1) is 23.9 Å². The van der Waals surface area contributed by atoms with Crippen LogP contribution in [0.25, 0.3) is 0 Å². The molecule has 0 bridgehead atoms. The lowest BCUT2D eigenvalue weighted by Crippen LogP contribution is -2.77. The fraction of sp³-hybridized carbons (Fsp3) is 0.733. The number of amidine groups is 2. The summed E-state index contributed by atoms with van der Waals surface area (Å²) in [5.41, 5.74) is 0. The van der Waals surface area contributed by atoms with Crippen LogP contribution >= 0.6 is 0 Å². The van der Waals surface area contributed by atoms with Crippen LogP contribution in [0.2, 0.25) is 0 Å². The fourth-order valence-electron chi connectivity index (χ4n) is 4.51. The number of carbonyl (C=O) groups is 2. The van der Waals surface area contributed by atoms with Crippen molar-refractivity contribution in [2.75, 3.05) is 41.3 Å². The second-order valence-electron chi connectivity index (χ2n) is 7.07. The predicted octanol–water partition coefficient (Wildman–Crippen LogP) is 0.165. The predicted molar refractivity (Wildman–Crippen MR) is 85.6 cm³/mol. The Hall–Kier alpha value is -2.12. The van der Waals surface area contributed by atoms with E-state index in [0.717, 1.165) is 18.1 Å². The van der Waals surface area contributed by atoms with Crippen LogP contribution in [0.5, 0.6) is 0 Å². The zero-order valence-corrected chi connectivity index (χ0v) is 13.9. The summed E-state index contributed by atoms with van der Waals surface area (Å²) in [6.07, 6.45) is 0.781. The molecule has 8 heteroatoms. The maximum absolute atomic E-state index is 12.4. The first kappa shape index (κ1) is 14.5. The monoisotopic (exact) mass is 318 g/mol. The van der Waals surface area contributed by atoms with Gasteiger partial charge in [-0.25, -0.2) is 9.59 Å². The molecule has 23 heavy (non-hydrogen) atoms. The molecule has 3 aliphatic heterocycles. The van der Waals surface area contributed by atoms with Crippen molar-refractivity contribution in [1.82, 2.24) is 19.6 Å². The van der Waals surface area contributed by atoms with Crippen molar-refractivity contribution in [1.29, 1.82) is 0 Å². The van der Waals surface area contributed by atoms with Gasteiger partial charge in [0.15, 0.2) is 0 Å². The molecular formula is C15H22N6O2. The molecule has 1 saturated carbocycles. The Morgan fingerprint density at radius 2 is 1.22 bits per heavy atom. The molecule has 0 aromatic carbocycles. The van der Waals surface area contributed by atoms with Crippen molar-refractivity contribution in [2.24, 2.45) is 21.8 Å². The molecule has 124 valence electrons. The largest absolute Gasteiger partial charge is 0.366 e. The summed E-state index contributed by atoms with van der Waals surface area (Å²) in [4.78, 5) is 41.2. The van der Waals surface area contributed by atoms with Gasteiger partial charge in [0.25, 0.3) is 0 Å². The van der Waals surface area contributed by atoms with Gasteiger partial charge in [-0.15, -0.1) is 0 Å². The topological polar surface area (TPSA) is 71.8 Å². The summed E-state index contributed by atoms with van der Waals surface area (Å²) < 4.78 is 0. The molecule has 8 nitrogen and oxygen atoms in total. The van der Waals surface area contributed by atoms with E-state index in [1.165, 1.54) is 0 Å². The Balaban J connectivity index is 1.85. The number of hydrogen-bond donors (Lipinski definition) is 0. The first-order valence-electron chi connectivity index (χ1n) is 8.05. The minimum absolute atomic E-state index is 0.0271. The van der Waals surface area contributed by atoms with Crippen LogP contribution in [-0.4, -0.2) is 96.7 Å². The van der Waals surface area contributed by atoms with Crippen LogP contribution in [-0.2, 0) is 0 Å². The van der Waals surface area contributed by atoms with Crippen LogP contribution in [0.4, 0.5) is 9.59 Å². The maximum atomic E-state index is 12.4. The van der Waals surface area contributed by atoms with E-state index >= 15 is 0 Å². The summed E-state index contributed by atoms with van der Waals surface area (Å²) >= 11 is 0. The highest BCUT2D eigenvalue weighted by Crippen LogP contribution is 2.49. The molecule has 0 N–H and O–H groups in total. The van der Waals surface area contributed by atoms with Gasteiger partial charge < -0.3 is 19.6 Å². The molecule has 4 amide bonds. The van der Waals surface area contributed by atoms with Gasteiger partial charge in [-0.2, -0.15) is 9.98 Å². The third kappa shape index (κ3) is 1.77. The molecule has 1 saturated heterocycles. The van der Waals surface area contributed by atoms with E-state index in [1.807, 2.05) is 47.8 Å². The number of fused-ring (bicyclic) bond motifs is 1. The number of nitrogens with zero attached hydrogens (tertiary/aromatic N) is 6. The van der Waals surface area contributed by atoms with E-state index in [1.54, 1.807) is 0 Å². The molecular weight excluding hydrogens is 296 g/mol. The Labute approximate surface area is 135 Å². The molecule has 4 rings (SSSR count). The average molecular weight is 318 g/mol. The lowest BCUT2D eigenvalue weighted by Gasteiger charge is -2.61. The van der Waals surface area contributed by atoms with Crippen molar-refractivity contribution in [2.45, 2.75) is 18.5 Å². The molecule has 4 atom stereocenters. The number of hydrogen-bond acceptors (Lipinski definition) is 4. The molecule has 3 heterocycles. The minimum Gasteiger partial charge on any atom is -0.366 e. The Bertz CT molecular complexity index is 586. The molecule has 2 fully saturated rings. The summed E-state index contributed by atoms with van der Waals surface area (Å²) in [7, 11) is 7.68. The fourth-order valence-corrected chi connectivity index (χ4v) is 4.51. The van der Waals surface area contributed by atoms with Gasteiger partial charge in [-0.05, 0) is 6.42 Å². The Morgan fingerprint density at radius 3 is 1.57 bits per heavy atom. The second kappa shape index (κ2) is 4.69. The lowest BCUT2D eigenvalue weighted by molar-refractivity contribution is -0.000942. The van der Waals surface area contributed by atoms with Gasteiger partial charge in [-0.3, -0.25) is 0 Å². The summed E-state index contributed by atoms with van der Waals surface area (Å²) in [6, 6.07) is -0.285. The van der Waals surface area contributed by atoms with Crippen LogP contribution in [0.1, 0.15) is 6.42 Å². The minimum atomic E-state index is -0.170. The van der Waals surface area contributed by atoms with Gasteiger partial charge in [-0.1, -0.05) is 0 Å². The lowest BCUT2D eigenvalue weighted by atomic mass is 9.60. The number of amides is 4. The van der Waals surface area contributed by atoms with Gasteiger partial charge in [0, 0.05) is 41.3 Å². The molecule has 1 aliphatic carbocycles. The number of carbonyl (C=O) groups excluding carboxylic acids is 2. The van der Waals surface area contributed by atoms with Crippen LogP contribution in [0.15, 0.2) is 9.98 Å². The molecule has 0 aromatic rings. The number of aliphatic imine (C=N–C) groups is 2. The summed E-state index contributed by atoms with van der Waals surface area (Å²) in [6.45, 7) is 1.32. The molecule has 0 unspecified atom stereocenters. The molecule has 4 aliphatic rings. The number of urea groups is 2. The highest BCUT2D eigenvalue weighted by molar-refractivity contribution is 6.07. The Kier molecular flexibility index (Phi) is 2.95. The highest BCUT2D eigenvalue weighted by atomic mass is 16.2. The van der Waals surface area contributed by atoms with Crippen molar-refractivity contribution in [3.8, 4) is 0 Å². The van der Waals surface area contributed by atoms with Gasteiger partial charge in [0.2, 0.25) is 0 Å². The molecule has 0 spiro atoms. The first-order valence-corrected chi connectivity index (χ1v) is 8.05. The zero-order chi connectivity index (χ0) is 16.5. The van der Waals surface area contributed by atoms with E-state index in [-0.39, 0.29) is 36.0 Å². The molecule has 0 radical (unpaired) electrons. The SMILES string of the molecule is CN(C)C1=NC(=O)N2CCCN3C(=O)N=C(N(C)C)[C@H]4[C@@H]1[C@@H]2[C@H]43. The smallest absolute Gasteiger partial charge is 0.345 e. The zero-order valence-electron chi connectivity index (χ0n) is 13.9. The van der Waals surface area contributed by atoms with Gasteiger partial charge in [0.1, 0.15) is 11.7 Å². The normalized spacial score (nSPS) is 35.0. The quantitative estimate of drug-likeness (QED) is 0.638. The third-order valence-corrected chi connectivity index (χ3v) is 5.41. The van der Waals surface area contributed by atoms with Crippen LogP contribution in [0.3, 0.4) is 0 Å². The van der Waals surface area contributed by atoms with Crippen molar-refractivity contribution in [3.63, 3.8) is 0 Å². The van der Waals surface area contributed by atoms with Crippen molar-refractivity contribution < 1.29 is 9.59 Å². The third-order valence-electron chi connectivity index (χ3n) is 5.41. The van der Waals surface area contributed by atoms with Crippen molar-refractivity contribution in [3.05, 3.63) is 0 Å². The van der Waals surface area contributed by atoms with E-state index in [0.29, 0.717) is 13.1 Å². The second-order valence-corrected chi connectivity index (χ2v) is 7.07. The van der Waals surface area contributed by atoms with Crippen LogP contribution in [0, 0.1) is 11.8 Å². The van der Waals surface area contributed by atoms with E-state index in [4.69, 9.17) is 0 Å². The van der Waals surface area contributed by atoms with Gasteiger partial charge >= 0.3 is 12.1 Å². The first-order chi connectivity index (χ1) is 10.9.